The summed E-state index contributed by atoms with van der Waals surface area (Å²) >= 11 is 12.1. The molecule has 0 aliphatic carbocycles. The zero-order chi connectivity index (χ0) is 22.8. The standard InChI is InChI=1S/C24H16Cl2O6/c1-29-18-4-3-5-19(30-2)22(18)24(28)31-15-8-9-16-20(12-15)32-21(23(16)27)10-13-6-7-14(25)11-17(13)26/h3-12H,1-2H3. The second-order valence-corrected chi connectivity index (χ2v) is 7.53. The number of halogens is 2. The van der Waals surface area contributed by atoms with E-state index in [-0.39, 0.29) is 28.6 Å². The van der Waals surface area contributed by atoms with Gasteiger partial charge in [-0.2, -0.15) is 0 Å². The number of Topliss-reactive ketones (excluding diaryl/α,β-unsaturated/α-hetero) is 1. The van der Waals surface area contributed by atoms with Crippen LogP contribution in [0, 0.1) is 0 Å². The van der Waals surface area contributed by atoms with E-state index in [0.29, 0.717) is 32.7 Å². The van der Waals surface area contributed by atoms with Gasteiger partial charge in [0.25, 0.3) is 0 Å². The van der Waals surface area contributed by atoms with Crippen LogP contribution in [0.5, 0.6) is 23.0 Å². The highest BCUT2D eigenvalue weighted by Crippen LogP contribution is 2.37. The number of hydrogen-bond acceptors (Lipinski definition) is 6. The molecule has 0 fully saturated rings. The number of methoxy groups -OCH3 is 2. The van der Waals surface area contributed by atoms with Gasteiger partial charge in [-0.25, -0.2) is 4.79 Å². The number of carbonyl (C=O) groups excluding carboxylic acids is 2. The van der Waals surface area contributed by atoms with Gasteiger partial charge in [-0.05, 0) is 48.0 Å². The van der Waals surface area contributed by atoms with Crippen molar-refractivity contribution >= 4 is 41.0 Å². The monoisotopic (exact) mass is 470 g/mol. The topological polar surface area (TPSA) is 71.1 Å². The molecule has 0 aromatic heterocycles. The fraction of sp³-hybridized carbons (Fsp3) is 0.0833. The van der Waals surface area contributed by atoms with Crippen LogP contribution in [0.15, 0.2) is 60.4 Å². The van der Waals surface area contributed by atoms with Crippen molar-refractivity contribution in [1.82, 2.24) is 0 Å². The van der Waals surface area contributed by atoms with Crippen molar-refractivity contribution in [3.8, 4) is 23.0 Å². The van der Waals surface area contributed by atoms with Gasteiger partial charge >= 0.3 is 5.97 Å². The van der Waals surface area contributed by atoms with Crippen LogP contribution in [-0.2, 0) is 0 Å². The van der Waals surface area contributed by atoms with E-state index < -0.39 is 5.97 Å². The largest absolute Gasteiger partial charge is 0.496 e. The molecule has 162 valence electrons. The average molecular weight is 471 g/mol. The molecule has 3 aromatic rings. The molecule has 1 aliphatic rings. The van der Waals surface area contributed by atoms with Gasteiger partial charge in [0, 0.05) is 16.1 Å². The summed E-state index contributed by atoms with van der Waals surface area (Å²) in [7, 11) is 2.89. The van der Waals surface area contributed by atoms with Gasteiger partial charge in [-0.3, -0.25) is 4.79 Å². The van der Waals surface area contributed by atoms with Gasteiger partial charge in [0.2, 0.25) is 5.78 Å². The molecule has 0 radical (unpaired) electrons. The number of allylic oxidation sites excluding steroid dienone is 1. The lowest BCUT2D eigenvalue weighted by Gasteiger charge is -2.12. The van der Waals surface area contributed by atoms with E-state index in [1.807, 2.05) is 0 Å². The van der Waals surface area contributed by atoms with Gasteiger partial charge in [-0.1, -0.05) is 35.3 Å². The van der Waals surface area contributed by atoms with E-state index in [0.717, 1.165) is 0 Å². The highest BCUT2D eigenvalue weighted by Gasteiger charge is 2.29. The highest BCUT2D eigenvalue weighted by atomic mass is 35.5. The average Bonchev–Trinajstić information content (AvgIpc) is 3.09. The maximum absolute atomic E-state index is 12.8. The summed E-state index contributed by atoms with van der Waals surface area (Å²) in [5, 5.41) is 0.870. The molecule has 8 heteroatoms. The van der Waals surface area contributed by atoms with Crippen molar-refractivity contribution in [3.63, 3.8) is 0 Å². The molecule has 3 aromatic carbocycles. The van der Waals surface area contributed by atoms with Gasteiger partial charge in [0.15, 0.2) is 5.76 Å². The van der Waals surface area contributed by atoms with Gasteiger partial charge in [0.05, 0.1) is 19.8 Å². The zero-order valence-corrected chi connectivity index (χ0v) is 18.5. The fourth-order valence-electron chi connectivity index (χ4n) is 3.20. The summed E-state index contributed by atoms with van der Waals surface area (Å²) in [6.07, 6.45) is 1.53. The minimum absolute atomic E-state index is 0.0964. The van der Waals surface area contributed by atoms with Gasteiger partial charge in [-0.15, -0.1) is 0 Å². The van der Waals surface area contributed by atoms with Crippen LogP contribution in [0.1, 0.15) is 26.3 Å². The lowest BCUT2D eigenvalue weighted by Crippen LogP contribution is -2.12. The van der Waals surface area contributed by atoms with Crippen molar-refractivity contribution < 1.29 is 28.5 Å². The Balaban J connectivity index is 1.60. The normalized spacial score (nSPS) is 13.5. The molecule has 0 unspecified atom stereocenters. The predicted octanol–water partition coefficient (Wildman–Crippen LogP) is 5.85. The first kappa shape index (κ1) is 21.7. The van der Waals surface area contributed by atoms with Crippen molar-refractivity contribution in [3.05, 3.63) is 87.1 Å². The fourth-order valence-corrected chi connectivity index (χ4v) is 3.66. The minimum Gasteiger partial charge on any atom is -0.496 e. The Morgan fingerprint density at radius 2 is 1.69 bits per heavy atom. The van der Waals surface area contributed by atoms with E-state index in [4.69, 9.17) is 42.1 Å². The molecule has 1 aliphatic heterocycles. The van der Waals surface area contributed by atoms with Crippen LogP contribution >= 0.6 is 23.2 Å². The van der Waals surface area contributed by atoms with E-state index in [1.165, 1.54) is 38.5 Å². The molecular formula is C24H16Cl2O6. The molecule has 1 heterocycles. The third-order valence-corrected chi connectivity index (χ3v) is 5.30. The number of carbonyl (C=O) groups is 2. The molecule has 0 N–H and O–H groups in total. The Hall–Kier alpha value is -3.48. The van der Waals surface area contributed by atoms with E-state index in [9.17, 15) is 9.59 Å². The maximum atomic E-state index is 12.8. The number of ketones is 1. The van der Waals surface area contributed by atoms with Crippen molar-refractivity contribution in [2.24, 2.45) is 0 Å². The van der Waals surface area contributed by atoms with Crippen LogP contribution in [-0.4, -0.2) is 26.0 Å². The Morgan fingerprint density at radius 1 is 0.969 bits per heavy atom. The molecule has 0 amide bonds. The van der Waals surface area contributed by atoms with Crippen LogP contribution in [0.4, 0.5) is 0 Å². The summed E-state index contributed by atoms with van der Waals surface area (Å²) in [5.41, 5.74) is 1.08. The second kappa shape index (κ2) is 8.94. The lowest BCUT2D eigenvalue weighted by molar-refractivity contribution is 0.0727. The number of hydrogen-bond donors (Lipinski definition) is 0. The van der Waals surface area contributed by atoms with Gasteiger partial charge < -0.3 is 18.9 Å². The molecule has 0 bridgehead atoms. The third kappa shape index (κ3) is 4.15. The second-order valence-electron chi connectivity index (χ2n) is 6.69. The quantitative estimate of drug-likeness (QED) is 0.264. The van der Waals surface area contributed by atoms with Crippen molar-refractivity contribution in [2.75, 3.05) is 14.2 Å². The first-order valence-electron chi connectivity index (χ1n) is 9.37. The Bertz CT molecular complexity index is 1240. The van der Waals surface area contributed by atoms with Crippen LogP contribution in [0.2, 0.25) is 10.0 Å². The van der Waals surface area contributed by atoms with Crippen LogP contribution in [0.25, 0.3) is 6.08 Å². The molecule has 32 heavy (non-hydrogen) atoms. The highest BCUT2D eigenvalue weighted by molar-refractivity contribution is 6.35. The molecule has 0 saturated carbocycles. The summed E-state index contributed by atoms with van der Waals surface area (Å²) in [4.78, 5) is 25.5. The molecule has 0 saturated heterocycles. The van der Waals surface area contributed by atoms with E-state index >= 15 is 0 Å². The summed E-state index contributed by atoms with van der Waals surface area (Å²) in [6, 6.07) is 14.4. The first-order chi connectivity index (χ1) is 15.4. The Kier molecular flexibility index (Phi) is 6.08. The summed E-state index contributed by atoms with van der Waals surface area (Å²) in [5.74, 6) is 0.199. The SMILES string of the molecule is COc1cccc(OC)c1C(=O)Oc1ccc2c(c1)OC(=Cc1ccc(Cl)cc1Cl)C2=O. The first-order valence-corrected chi connectivity index (χ1v) is 10.1. The molecule has 0 atom stereocenters. The minimum atomic E-state index is -0.674. The molecule has 0 spiro atoms. The van der Waals surface area contributed by atoms with Crippen molar-refractivity contribution in [2.45, 2.75) is 0 Å². The van der Waals surface area contributed by atoms with Gasteiger partial charge in [0.1, 0.15) is 28.6 Å². The van der Waals surface area contributed by atoms with Crippen LogP contribution in [0.3, 0.4) is 0 Å². The number of rotatable bonds is 5. The molecule has 6 nitrogen and oxygen atoms in total. The predicted molar refractivity (Wildman–Crippen MR) is 120 cm³/mol. The number of benzene rings is 3. The number of fused-ring (bicyclic) bond motifs is 1. The van der Waals surface area contributed by atoms with Crippen molar-refractivity contribution in [1.29, 1.82) is 0 Å². The van der Waals surface area contributed by atoms with E-state index in [2.05, 4.69) is 0 Å². The summed E-state index contributed by atoms with van der Waals surface area (Å²) in [6.45, 7) is 0. The van der Waals surface area contributed by atoms with E-state index in [1.54, 1.807) is 36.4 Å². The third-order valence-electron chi connectivity index (χ3n) is 4.73. The summed E-state index contributed by atoms with van der Waals surface area (Å²) < 4.78 is 21.7. The molecular weight excluding hydrogens is 455 g/mol. The lowest BCUT2D eigenvalue weighted by atomic mass is 10.1. The number of ether oxygens (including phenoxy) is 4. The Morgan fingerprint density at radius 3 is 2.34 bits per heavy atom. The zero-order valence-electron chi connectivity index (χ0n) is 17.0. The number of esters is 1. The van der Waals surface area contributed by atoms with Crippen LogP contribution < -0.4 is 18.9 Å². The Labute approximate surface area is 193 Å². The molecule has 4 rings (SSSR count). The maximum Gasteiger partial charge on any atom is 0.351 e. The smallest absolute Gasteiger partial charge is 0.351 e.